The van der Waals surface area contributed by atoms with Gasteiger partial charge in [0.05, 0.1) is 16.6 Å². The minimum absolute atomic E-state index is 0.680. The summed E-state index contributed by atoms with van der Waals surface area (Å²) in [4.78, 5) is 11.0. The third-order valence-electron chi connectivity index (χ3n) is 11.2. The number of benzene rings is 7. The average Bonchev–Trinajstić information content (AvgIpc) is 3.76. The largest absolute Gasteiger partial charge is 0.457 e. The average molecular weight is 721 g/mol. The number of nitrogens with zero attached hydrogens (tertiary/aromatic N) is 2. The molecule has 3 heterocycles. The lowest BCUT2D eigenvalue weighted by atomic mass is 9.65. The summed E-state index contributed by atoms with van der Waals surface area (Å²) in [5, 5.41) is 3.61. The van der Waals surface area contributed by atoms with Crippen LogP contribution in [0.3, 0.4) is 0 Å². The second-order valence-electron chi connectivity index (χ2n) is 14.1. The molecule has 1 aliphatic carbocycles. The molecular weight excluding hydrogens is 689 g/mol. The molecule has 2 aromatic heterocycles. The van der Waals surface area contributed by atoms with Gasteiger partial charge in [-0.15, -0.1) is 11.3 Å². The number of rotatable bonds is 5. The lowest BCUT2D eigenvalue weighted by molar-refractivity contribution is 0.440. The minimum Gasteiger partial charge on any atom is -0.457 e. The van der Waals surface area contributed by atoms with Crippen LogP contribution in [0.15, 0.2) is 189 Å². The van der Waals surface area contributed by atoms with Crippen molar-refractivity contribution in [1.82, 2.24) is 9.97 Å². The van der Waals surface area contributed by atoms with Crippen LogP contribution in [0.5, 0.6) is 11.5 Å². The first-order valence-corrected chi connectivity index (χ1v) is 19.3. The fourth-order valence-electron chi connectivity index (χ4n) is 8.83. The Hall–Kier alpha value is -6.88. The van der Waals surface area contributed by atoms with Crippen molar-refractivity contribution in [2.24, 2.45) is 0 Å². The van der Waals surface area contributed by atoms with E-state index in [1.807, 2.05) is 35.6 Å². The van der Waals surface area contributed by atoms with E-state index in [1.165, 1.54) is 36.9 Å². The SMILES string of the molecule is C=C/C=C\C1=C(c2nc(-c3ccc(-c4ccc5sc6ccccc6c5c4)cc3)c3ccccc3n2)C2(c3ccccc3Oc3ccccc32)c2ccccc21. The van der Waals surface area contributed by atoms with E-state index in [4.69, 9.17) is 14.7 Å². The molecular formula is C51H32N2OS. The number of para-hydroxylation sites is 3. The molecule has 2 aliphatic rings. The van der Waals surface area contributed by atoms with Crippen molar-refractivity contribution in [2.45, 2.75) is 5.41 Å². The zero-order valence-corrected chi connectivity index (χ0v) is 30.6. The standard InChI is InChI=1S/C51H32N2OS/c1-2-3-14-37-35-15-4-7-18-40(35)51(41-19-8-11-22-44(41)54-45-23-12-9-20-42(45)51)48(37)50-52-43-21-10-5-17-38(43)49(53-50)33-27-25-32(26-28-33)34-29-30-47-39(31-34)36-16-6-13-24-46(36)55-47/h2-31H,1H2/b14-3-. The first-order valence-electron chi connectivity index (χ1n) is 18.5. The predicted molar refractivity (Wildman–Crippen MR) is 229 cm³/mol. The van der Waals surface area contributed by atoms with E-state index in [0.29, 0.717) is 5.82 Å². The van der Waals surface area contributed by atoms with E-state index < -0.39 is 5.41 Å². The van der Waals surface area contributed by atoms with Gasteiger partial charge < -0.3 is 4.74 Å². The van der Waals surface area contributed by atoms with Crippen LogP contribution in [0.25, 0.3) is 64.6 Å². The third-order valence-corrected chi connectivity index (χ3v) is 12.3. The van der Waals surface area contributed by atoms with Crippen LogP contribution in [-0.2, 0) is 5.41 Å². The van der Waals surface area contributed by atoms with Crippen LogP contribution in [0.1, 0.15) is 28.1 Å². The van der Waals surface area contributed by atoms with Crippen LogP contribution in [-0.4, -0.2) is 9.97 Å². The van der Waals surface area contributed by atoms with E-state index in [-0.39, 0.29) is 0 Å². The number of ether oxygens (including phenoxy) is 1. The van der Waals surface area contributed by atoms with Crippen molar-refractivity contribution in [3.63, 3.8) is 0 Å². The second kappa shape index (κ2) is 12.3. The molecule has 0 saturated carbocycles. The first-order chi connectivity index (χ1) is 27.2. The van der Waals surface area contributed by atoms with Gasteiger partial charge in [-0.3, -0.25) is 0 Å². The maximum Gasteiger partial charge on any atom is 0.158 e. The van der Waals surface area contributed by atoms with Gasteiger partial charge >= 0.3 is 0 Å². The zero-order chi connectivity index (χ0) is 36.5. The molecule has 11 rings (SSSR count). The van der Waals surface area contributed by atoms with Crippen LogP contribution < -0.4 is 4.74 Å². The molecule has 3 nitrogen and oxygen atoms in total. The molecule has 1 spiro atoms. The molecule has 7 aromatic carbocycles. The van der Waals surface area contributed by atoms with Gasteiger partial charge in [-0.2, -0.15) is 0 Å². The van der Waals surface area contributed by atoms with Gasteiger partial charge in [0, 0.05) is 47.8 Å². The minimum atomic E-state index is -0.739. The molecule has 0 saturated heterocycles. The van der Waals surface area contributed by atoms with Gasteiger partial charge in [0.25, 0.3) is 0 Å². The number of hydrogen-bond donors (Lipinski definition) is 0. The summed E-state index contributed by atoms with van der Waals surface area (Å²) in [5.74, 6) is 2.33. The van der Waals surface area contributed by atoms with Gasteiger partial charge in [-0.05, 0) is 64.2 Å². The fourth-order valence-corrected chi connectivity index (χ4v) is 9.92. The molecule has 0 atom stereocenters. The number of allylic oxidation sites excluding steroid dienone is 5. The van der Waals surface area contributed by atoms with E-state index in [9.17, 15) is 0 Å². The quantitative estimate of drug-likeness (QED) is 0.166. The van der Waals surface area contributed by atoms with Gasteiger partial charge in [0.1, 0.15) is 11.5 Å². The smallest absolute Gasteiger partial charge is 0.158 e. The van der Waals surface area contributed by atoms with Crippen LogP contribution >= 0.6 is 11.3 Å². The first kappa shape index (κ1) is 31.6. The number of thiophene rings is 1. The lowest BCUT2D eigenvalue weighted by Gasteiger charge is -2.40. The molecule has 9 aromatic rings. The van der Waals surface area contributed by atoms with Gasteiger partial charge in [0.15, 0.2) is 5.82 Å². The number of aromatic nitrogens is 2. The van der Waals surface area contributed by atoms with Crippen LogP contribution in [0.2, 0.25) is 0 Å². The second-order valence-corrected chi connectivity index (χ2v) is 15.2. The molecule has 0 N–H and O–H groups in total. The van der Waals surface area contributed by atoms with Crippen molar-refractivity contribution < 1.29 is 4.74 Å². The Morgan fingerprint density at radius 3 is 1.95 bits per heavy atom. The van der Waals surface area contributed by atoms with E-state index >= 15 is 0 Å². The molecule has 0 unspecified atom stereocenters. The summed E-state index contributed by atoms with van der Waals surface area (Å²) < 4.78 is 9.25. The Morgan fingerprint density at radius 2 is 1.16 bits per heavy atom. The predicted octanol–water partition coefficient (Wildman–Crippen LogP) is 13.4. The van der Waals surface area contributed by atoms with E-state index in [2.05, 4.69) is 164 Å². The van der Waals surface area contributed by atoms with Crippen molar-refractivity contribution in [3.8, 4) is 33.9 Å². The normalized spacial score (nSPS) is 14.0. The Labute approximate surface area is 322 Å². The molecule has 0 radical (unpaired) electrons. The topological polar surface area (TPSA) is 35.0 Å². The highest BCUT2D eigenvalue weighted by Gasteiger charge is 2.53. The highest BCUT2D eigenvalue weighted by Crippen LogP contribution is 2.63. The van der Waals surface area contributed by atoms with E-state index in [0.717, 1.165) is 61.5 Å². The highest BCUT2D eigenvalue weighted by atomic mass is 32.1. The molecule has 1 aliphatic heterocycles. The summed E-state index contributed by atoms with van der Waals surface area (Å²) >= 11 is 1.85. The van der Waals surface area contributed by atoms with Crippen molar-refractivity contribution >= 4 is 53.6 Å². The Bertz CT molecular complexity index is 3050. The van der Waals surface area contributed by atoms with E-state index in [1.54, 1.807) is 0 Å². The van der Waals surface area contributed by atoms with Crippen LogP contribution in [0.4, 0.5) is 0 Å². The Kier molecular flexibility index (Phi) is 7.10. The van der Waals surface area contributed by atoms with Crippen molar-refractivity contribution in [3.05, 3.63) is 217 Å². The molecule has 55 heavy (non-hydrogen) atoms. The summed E-state index contributed by atoms with van der Waals surface area (Å²) in [6.07, 6.45) is 6.01. The molecule has 0 bridgehead atoms. The molecule has 4 heteroatoms. The Morgan fingerprint density at radius 1 is 0.545 bits per heavy atom. The number of fused-ring (bicyclic) bond motifs is 10. The highest BCUT2D eigenvalue weighted by molar-refractivity contribution is 7.25. The monoisotopic (exact) mass is 720 g/mol. The van der Waals surface area contributed by atoms with Gasteiger partial charge in [0.2, 0.25) is 0 Å². The van der Waals surface area contributed by atoms with Crippen molar-refractivity contribution in [2.75, 3.05) is 0 Å². The van der Waals surface area contributed by atoms with Gasteiger partial charge in [-0.25, -0.2) is 9.97 Å². The zero-order valence-electron chi connectivity index (χ0n) is 29.7. The maximum atomic E-state index is 6.63. The lowest BCUT2D eigenvalue weighted by Crippen LogP contribution is -2.33. The molecule has 0 fully saturated rings. The van der Waals surface area contributed by atoms with Crippen LogP contribution in [0, 0.1) is 0 Å². The maximum absolute atomic E-state index is 6.63. The fraction of sp³-hybridized carbons (Fsp3) is 0.0196. The van der Waals surface area contributed by atoms with Gasteiger partial charge in [-0.1, -0.05) is 152 Å². The molecule has 258 valence electrons. The number of hydrogen-bond acceptors (Lipinski definition) is 4. The molecule has 0 amide bonds. The summed E-state index contributed by atoms with van der Waals surface area (Å²) in [5.41, 5.74) is 11.0. The summed E-state index contributed by atoms with van der Waals surface area (Å²) in [6.45, 7) is 4.04. The summed E-state index contributed by atoms with van der Waals surface area (Å²) in [7, 11) is 0. The van der Waals surface area contributed by atoms with Crippen molar-refractivity contribution in [1.29, 1.82) is 0 Å². The third kappa shape index (κ3) is 4.68. The Balaban J connectivity index is 1.15. The summed E-state index contributed by atoms with van der Waals surface area (Å²) in [6, 6.07) is 58.2.